The second-order valence-corrected chi connectivity index (χ2v) is 9.35. The molecule has 1 aliphatic heterocycles. The zero-order valence-electron chi connectivity index (χ0n) is 22.0. The fourth-order valence-electron chi connectivity index (χ4n) is 3.85. The number of allylic oxidation sites excluding steroid dienone is 1. The van der Waals surface area contributed by atoms with E-state index in [4.69, 9.17) is 14.2 Å². The highest BCUT2D eigenvalue weighted by Gasteiger charge is 2.45. The van der Waals surface area contributed by atoms with Gasteiger partial charge in [0.15, 0.2) is 5.60 Å². The average Bonchev–Trinajstić information content (AvgIpc) is 3.32. The molecule has 1 atom stereocenters. The Bertz CT molecular complexity index is 1500. The van der Waals surface area contributed by atoms with Crippen molar-refractivity contribution in [3.05, 3.63) is 112 Å². The third-order valence-corrected chi connectivity index (χ3v) is 6.21. The first-order valence-corrected chi connectivity index (χ1v) is 12.4. The first-order valence-electron chi connectivity index (χ1n) is 12.4. The molecule has 1 saturated heterocycles. The van der Waals surface area contributed by atoms with Crippen LogP contribution < -0.4 is 4.74 Å². The molecule has 0 aromatic heterocycles. The second kappa shape index (κ2) is 12.2. The largest absolute Gasteiger partial charge is 0.497 e. The van der Waals surface area contributed by atoms with Crippen LogP contribution in [0.5, 0.6) is 5.75 Å². The van der Waals surface area contributed by atoms with Crippen LogP contribution in [0.2, 0.25) is 0 Å². The van der Waals surface area contributed by atoms with Crippen LogP contribution in [0.3, 0.4) is 0 Å². The van der Waals surface area contributed by atoms with Crippen LogP contribution in [0.1, 0.15) is 52.9 Å². The van der Waals surface area contributed by atoms with Gasteiger partial charge in [0.1, 0.15) is 12.4 Å². The van der Waals surface area contributed by atoms with Crippen LogP contribution >= 0.6 is 0 Å². The smallest absolute Gasteiger partial charge is 0.338 e. The SMILES string of the molecule is COc1ccc(C#Cc2ccc(C#Cc3ccc(C(=O)OCC4(CO)CC(=C(C)C)C(=O)O4)cc3)cc2)cc1. The molecular weight excluding hydrogens is 492 g/mol. The van der Waals surface area contributed by atoms with Crippen LogP contribution in [-0.2, 0) is 14.3 Å². The van der Waals surface area contributed by atoms with Gasteiger partial charge in [-0.1, -0.05) is 29.3 Å². The van der Waals surface area contributed by atoms with Gasteiger partial charge in [-0.3, -0.25) is 0 Å². The highest BCUT2D eigenvalue weighted by Crippen LogP contribution is 2.33. The topological polar surface area (TPSA) is 82.1 Å². The molecule has 1 fully saturated rings. The molecule has 1 unspecified atom stereocenters. The van der Waals surface area contributed by atoms with E-state index in [2.05, 4.69) is 23.7 Å². The number of hydrogen-bond acceptors (Lipinski definition) is 6. The third kappa shape index (κ3) is 6.96. The number of methoxy groups -OCH3 is 1. The third-order valence-electron chi connectivity index (χ3n) is 6.21. The summed E-state index contributed by atoms with van der Waals surface area (Å²) in [6, 6.07) is 21.9. The minimum atomic E-state index is -1.25. The summed E-state index contributed by atoms with van der Waals surface area (Å²) >= 11 is 0. The maximum absolute atomic E-state index is 12.5. The molecule has 0 aliphatic carbocycles. The molecule has 0 radical (unpaired) electrons. The van der Waals surface area contributed by atoms with E-state index < -0.39 is 24.1 Å². The van der Waals surface area contributed by atoms with Crippen molar-refractivity contribution < 1.29 is 28.9 Å². The lowest BCUT2D eigenvalue weighted by Gasteiger charge is -2.24. The van der Waals surface area contributed by atoms with Crippen molar-refractivity contribution in [1.29, 1.82) is 0 Å². The van der Waals surface area contributed by atoms with E-state index in [1.165, 1.54) is 0 Å². The molecule has 1 N–H and O–H groups in total. The van der Waals surface area contributed by atoms with Crippen LogP contribution in [0.25, 0.3) is 0 Å². The van der Waals surface area contributed by atoms with E-state index in [-0.39, 0.29) is 13.0 Å². The molecule has 4 rings (SSSR count). The quantitative estimate of drug-likeness (QED) is 0.299. The number of ether oxygens (including phenoxy) is 3. The summed E-state index contributed by atoms with van der Waals surface area (Å²) in [6.07, 6.45) is 0.197. The lowest BCUT2D eigenvalue weighted by atomic mass is 9.97. The number of rotatable bonds is 5. The van der Waals surface area contributed by atoms with Crippen molar-refractivity contribution >= 4 is 11.9 Å². The van der Waals surface area contributed by atoms with Crippen molar-refractivity contribution in [1.82, 2.24) is 0 Å². The van der Waals surface area contributed by atoms with Gasteiger partial charge in [-0.2, -0.15) is 0 Å². The normalized spacial score (nSPS) is 15.8. The van der Waals surface area contributed by atoms with Gasteiger partial charge in [0, 0.05) is 34.2 Å². The molecule has 39 heavy (non-hydrogen) atoms. The fraction of sp³-hybridized carbons (Fsp3) is 0.212. The number of cyclic esters (lactones) is 1. The lowest BCUT2D eigenvalue weighted by Crippen LogP contribution is -2.39. The summed E-state index contributed by atoms with van der Waals surface area (Å²) in [5.41, 5.74) is 3.75. The van der Waals surface area contributed by atoms with Gasteiger partial charge in [0.05, 0.1) is 19.3 Å². The monoisotopic (exact) mass is 520 g/mol. The number of aliphatic hydroxyl groups is 1. The Balaban J connectivity index is 1.34. The Morgan fingerprint density at radius 3 is 1.72 bits per heavy atom. The van der Waals surface area contributed by atoms with Crippen molar-refractivity contribution in [3.63, 3.8) is 0 Å². The van der Waals surface area contributed by atoms with Crippen LogP contribution in [0.4, 0.5) is 0 Å². The molecule has 3 aromatic rings. The zero-order chi connectivity index (χ0) is 27.8. The summed E-state index contributed by atoms with van der Waals surface area (Å²) in [4.78, 5) is 24.6. The van der Waals surface area contributed by atoms with Gasteiger partial charge in [-0.15, -0.1) is 0 Å². The van der Waals surface area contributed by atoms with Crippen LogP contribution in [0, 0.1) is 23.7 Å². The van der Waals surface area contributed by atoms with Gasteiger partial charge in [-0.05, 0) is 86.6 Å². The van der Waals surface area contributed by atoms with E-state index in [0.29, 0.717) is 11.1 Å². The minimum absolute atomic E-state index is 0.197. The summed E-state index contributed by atoms with van der Waals surface area (Å²) in [5.74, 6) is 12.2. The Hall–Kier alpha value is -4.78. The molecule has 0 bridgehead atoms. The van der Waals surface area contributed by atoms with Gasteiger partial charge in [-0.25, -0.2) is 9.59 Å². The number of aliphatic hydroxyl groups excluding tert-OH is 1. The molecule has 1 heterocycles. The number of carbonyl (C=O) groups excluding carboxylic acids is 2. The average molecular weight is 521 g/mol. The van der Waals surface area contributed by atoms with Crippen LogP contribution in [0.15, 0.2) is 83.9 Å². The summed E-state index contributed by atoms with van der Waals surface area (Å²) in [7, 11) is 1.63. The Labute approximate surface area is 228 Å². The fourth-order valence-corrected chi connectivity index (χ4v) is 3.85. The van der Waals surface area contributed by atoms with E-state index >= 15 is 0 Å². The number of carbonyl (C=O) groups is 2. The molecule has 6 heteroatoms. The van der Waals surface area contributed by atoms with E-state index in [0.717, 1.165) is 33.6 Å². The zero-order valence-corrected chi connectivity index (χ0v) is 22.0. The van der Waals surface area contributed by atoms with Gasteiger partial charge in [0.2, 0.25) is 0 Å². The molecule has 0 saturated carbocycles. The maximum atomic E-state index is 12.5. The van der Waals surface area contributed by atoms with E-state index in [1.807, 2.05) is 48.5 Å². The minimum Gasteiger partial charge on any atom is -0.497 e. The van der Waals surface area contributed by atoms with Crippen molar-refractivity contribution in [2.24, 2.45) is 0 Å². The van der Waals surface area contributed by atoms with Crippen LogP contribution in [-0.4, -0.2) is 43.0 Å². The second-order valence-electron chi connectivity index (χ2n) is 9.35. The van der Waals surface area contributed by atoms with Gasteiger partial charge >= 0.3 is 11.9 Å². The molecule has 3 aromatic carbocycles. The highest BCUT2D eigenvalue weighted by molar-refractivity contribution is 5.92. The lowest BCUT2D eigenvalue weighted by molar-refractivity contribution is -0.154. The summed E-state index contributed by atoms with van der Waals surface area (Å²) in [6.45, 7) is 2.94. The Morgan fingerprint density at radius 2 is 1.31 bits per heavy atom. The highest BCUT2D eigenvalue weighted by atomic mass is 16.6. The van der Waals surface area contributed by atoms with Gasteiger partial charge in [0.25, 0.3) is 0 Å². The standard InChI is InChI=1S/C33H28O6/c1-23(2)30-20-33(21-34,39-32(30)36)22-38-31(35)28-16-12-26(13-17-28)10-8-24-4-6-25(7-5-24)9-11-27-14-18-29(37-3)19-15-27/h4-7,12-19,34H,20-22H2,1-3H3. The van der Waals surface area contributed by atoms with Crippen molar-refractivity contribution in [2.75, 3.05) is 20.3 Å². The number of hydrogen-bond donors (Lipinski definition) is 1. The molecule has 6 nitrogen and oxygen atoms in total. The Morgan fingerprint density at radius 1 is 0.846 bits per heavy atom. The summed E-state index contributed by atoms with van der Waals surface area (Å²) < 4.78 is 15.9. The Kier molecular flexibility index (Phi) is 8.51. The molecule has 0 amide bonds. The molecule has 196 valence electrons. The maximum Gasteiger partial charge on any atom is 0.338 e. The van der Waals surface area contributed by atoms with E-state index in [9.17, 15) is 14.7 Å². The van der Waals surface area contributed by atoms with E-state index in [1.54, 1.807) is 45.2 Å². The first kappa shape index (κ1) is 27.3. The summed E-state index contributed by atoms with van der Waals surface area (Å²) in [5, 5.41) is 9.80. The molecule has 1 aliphatic rings. The van der Waals surface area contributed by atoms with Crippen molar-refractivity contribution in [3.8, 4) is 29.4 Å². The van der Waals surface area contributed by atoms with Crippen molar-refractivity contribution in [2.45, 2.75) is 25.9 Å². The predicted octanol–water partition coefficient (Wildman–Crippen LogP) is 4.67. The first-order chi connectivity index (χ1) is 18.8. The number of benzene rings is 3. The predicted molar refractivity (Wildman–Crippen MR) is 147 cm³/mol. The molecular formula is C33H28O6. The molecule has 0 spiro atoms. The van der Waals surface area contributed by atoms with Gasteiger partial charge < -0.3 is 19.3 Å². The number of esters is 2.